The fourth-order valence-electron chi connectivity index (χ4n) is 5.37. The summed E-state index contributed by atoms with van der Waals surface area (Å²) in [5.74, 6) is 0. The van der Waals surface area contributed by atoms with E-state index >= 15 is 0 Å². The normalized spacial score (nSPS) is 12.2. The number of thiophene rings is 2. The van der Waals surface area contributed by atoms with Crippen LogP contribution in [0.5, 0.6) is 0 Å². The van der Waals surface area contributed by atoms with Crippen molar-refractivity contribution in [1.82, 2.24) is 9.55 Å². The quantitative estimate of drug-likeness (QED) is 0.241. The van der Waals surface area contributed by atoms with Gasteiger partial charge in [-0.15, -0.1) is 22.7 Å². The van der Waals surface area contributed by atoms with Gasteiger partial charge in [0, 0.05) is 69.2 Å². The summed E-state index contributed by atoms with van der Waals surface area (Å²) < 4.78 is 7.89. The third-order valence-corrected chi connectivity index (χ3v) is 9.05. The Balaban J connectivity index is 1.80. The molecule has 0 radical (unpaired) electrons. The Labute approximate surface area is 196 Å². The molecule has 0 atom stereocenters. The summed E-state index contributed by atoms with van der Waals surface area (Å²) in [5.41, 5.74) is 3.68. The number of para-hydroxylation sites is 1. The first-order chi connectivity index (χ1) is 16.4. The molecule has 0 fully saturated rings. The SMILES string of the molecule is c1ccc2c(c1)sc1c2c2sc3ccccc3c2c2c1c1ccccc1n2-c1ccncc1. The molecule has 8 aromatic rings. The van der Waals surface area contributed by atoms with Gasteiger partial charge in [0.05, 0.1) is 11.0 Å². The van der Waals surface area contributed by atoms with Crippen molar-refractivity contribution in [1.29, 1.82) is 0 Å². The van der Waals surface area contributed by atoms with Gasteiger partial charge in [0.2, 0.25) is 0 Å². The Hall–Kier alpha value is -3.73. The third kappa shape index (κ3) is 2.24. The van der Waals surface area contributed by atoms with Crippen LogP contribution in [0.15, 0.2) is 97.3 Å². The fraction of sp³-hybridized carbons (Fsp3) is 0. The molecule has 0 aliphatic carbocycles. The zero-order chi connectivity index (χ0) is 21.5. The highest BCUT2D eigenvalue weighted by Gasteiger charge is 2.23. The summed E-state index contributed by atoms with van der Waals surface area (Å²) in [7, 11) is 0. The maximum Gasteiger partial charge on any atom is 0.0648 e. The maximum absolute atomic E-state index is 4.29. The largest absolute Gasteiger partial charge is 0.308 e. The number of benzene rings is 4. The molecule has 4 heteroatoms. The first-order valence-corrected chi connectivity index (χ1v) is 12.6. The van der Waals surface area contributed by atoms with Gasteiger partial charge in [-0.1, -0.05) is 54.6 Å². The molecule has 8 rings (SSSR count). The van der Waals surface area contributed by atoms with Crippen molar-refractivity contribution in [3.05, 3.63) is 97.3 Å². The van der Waals surface area contributed by atoms with E-state index in [2.05, 4.69) is 94.5 Å². The van der Waals surface area contributed by atoms with Gasteiger partial charge >= 0.3 is 0 Å². The van der Waals surface area contributed by atoms with Gasteiger partial charge in [-0.2, -0.15) is 0 Å². The summed E-state index contributed by atoms with van der Waals surface area (Å²) in [6.45, 7) is 0. The minimum atomic E-state index is 1.15. The monoisotopic (exact) mass is 456 g/mol. The predicted molar refractivity (Wildman–Crippen MR) is 144 cm³/mol. The summed E-state index contributed by atoms with van der Waals surface area (Å²) in [5, 5.41) is 8.11. The number of rotatable bonds is 1. The molecule has 0 spiro atoms. The lowest BCUT2D eigenvalue weighted by molar-refractivity contribution is 1.16. The van der Waals surface area contributed by atoms with Crippen molar-refractivity contribution in [2.24, 2.45) is 0 Å². The van der Waals surface area contributed by atoms with Gasteiger partial charge in [-0.05, 0) is 30.3 Å². The Kier molecular flexibility index (Phi) is 3.45. The lowest BCUT2D eigenvalue weighted by Crippen LogP contribution is -1.94. The molecule has 2 nitrogen and oxygen atoms in total. The molecule has 4 aromatic heterocycles. The molecule has 0 aliphatic rings. The van der Waals surface area contributed by atoms with Crippen molar-refractivity contribution < 1.29 is 0 Å². The van der Waals surface area contributed by atoms with Crippen LogP contribution in [0.3, 0.4) is 0 Å². The first-order valence-electron chi connectivity index (χ1n) is 11.0. The zero-order valence-corrected chi connectivity index (χ0v) is 19.1. The van der Waals surface area contributed by atoms with Crippen molar-refractivity contribution in [2.75, 3.05) is 0 Å². The molecule has 0 unspecified atom stereocenters. The number of pyridine rings is 1. The van der Waals surface area contributed by atoms with Crippen LogP contribution < -0.4 is 0 Å². The van der Waals surface area contributed by atoms with E-state index < -0.39 is 0 Å². The molecule has 0 saturated carbocycles. The topological polar surface area (TPSA) is 17.8 Å². The second kappa shape index (κ2) is 6.41. The maximum atomic E-state index is 4.29. The van der Waals surface area contributed by atoms with Gasteiger partial charge in [0.15, 0.2) is 0 Å². The van der Waals surface area contributed by atoms with E-state index in [0.717, 1.165) is 5.69 Å². The van der Waals surface area contributed by atoms with Gasteiger partial charge in [-0.3, -0.25) is 4.98 Å². The molecule has 154 valence electrons. The van der Waals surface area contributed by atoms with Crippen LogP contribution >= 0.6 is 22.7 Å². The summed E-state index contributed by atoms with van der Waals surface area (Å²) in [6, 6.07) is 30.8. The molecule has 0 amide bonds. The second-order valence-electron chi connectivity index (χ2n) is 8.39. The minimum Gasteiger partial charge on any atom is -0.308 e. The second-order valence-corrected chi connectivity index (χ2v) is 10.5. The Morgan fingerprint density at radius 3 is 1.79 bits per heavy atom. The standard InChI is InChI=1S/C29H16N2S2/c1-4-10-21-18(7-1)24-27(31(21)17-13-15-30-16-14-17)25-19-8-2-5-11-22(19)32-29(25)26-20-9-3-6-12-23(20)33-28(24)26/h1-16H. The molecule has 0 aliphatic heterocycles. The van der Waals surface area contributed by atoms with Crippen LogP contribution in [0.4, 0.5) is 0 Å². The molecular weight excluding hydrogens is 440 g/mol. The van der Waals surface area contributed by atoms with E-state index in [9.17, 15) is 0 Å². The molecule has 0 bridgehead atoms. The number of fused-ring (bicyclic) bond motifs is 12. The fourth-order valence-corrected chi connectivity index (χ4v) is 7.97. The first kappa shape index (κ1) is 17.8. The van der Waals surface area contributed by atoms with Crippen molar-refractivity contribution >= 4 is 84.8 Å². The molecule has 33 heavy (non-hydrogen) atoms. The van der Waals surface area contributed by atoms with Gasteiger partial charge in [0.25, 0.3) is 0 Å². The number of aromatic nitrogens is 2. The minimum absolute atomic E-state index is 1.15. The van der Waals surface area contributed by atoms with Crippen molar-refractivity contribution in [3.63, 3.8) is 0 Å². The Morgan fingerprint density at radius 2 is 1.09 bits per heavy atom. The van der Waals surface area contributed by atoms with E-state index in [4.69, 9.17) is 0 Å². The number of hydrogen-bond donors (Lipinski definition) is 0. The van der Waals surface area contributed by atoms with E-state index in [-0.39, 0.29) is 0 Å². The average molecular weight is 457 g/mol. The van der Waals surface area contributed by atoms with Crippen LogP contribution in [-0.4, -0.2) is 9.55 Å². The van der Waals surface area contributed by atoms with E-state index in [1.165, 1.54) is 62.2 Å². The molecule has 4 aromatic carbocycles. The highest BCUT2D eigenvalue weighted by atomic mass is 32.1. The highest BCUT2D eigenvalue weighted by molar-refractivity contribution is 7.30. The summed E-state index contributed by atoms with van der Waals surface area (Å²) in [6.07, 6.45) is 3.77. The highest BCUT2D eigenvalue weighted by Crippen LogP contribution is 2.51. The lowest BCUT2D eigenvalue weighted by atomic mass is 10.0. The zero-order valence-electron chi connectivity index (χ0n) is 17.4. The number of hydrogen-bond acceptors (Lipinski definition) is 3. The Bertz CT molecular complexity index is 1990. The van der Waals surface area contributed by atoms with E-state index in [1.807, 2.05) is 35.1 Å². The van der Waals surface area contributed by atoms with Crippen LogP contribution in [0.2, 0.25) is 0 Å². The Morgan fingerprint density at radius 1 is 0.545 bits per heavy atom. The van der Waals surface area contributed by atoms with Gasteiger partial charge < -0.3 is 4.57 Å². The molecule has 0 N–H and O–H groups in total. The van der Waals surface area contributed by atoms with Crippen LogP contribution in [0.1, 0.15) is 0 Å². The van der Waals surface area contributed by atoms with Gasteiger partial charge in [0.1, 0.15) is 0 Å². The van der Waals surface area contributed by atoms with Crippen LogP contribution in [0, 0.1) is 0 Å². The smallest absolute Gasteiger partial charge is 0.0648 e. The molecular formula is C29H16N2S2. The van der Waals surface area contributed by atoms with Crippen LogP contribution in [0.25, 0.3) is 67.8 Å². The van der Waals surface area contributed by atoms with E-state index in [0.29, 0.717) is 0 Å². The lowest BCUT2D eigenvalue weighted by Gasteiger charge is -2.09. The number of nitrogens with zero attached hydrogens (tertiary/aromatic N) is 2. The molecule has 0 saturated heterocycles. The predicted octanol–water partition coefficient (Wildman–Crippen LogP) is 8.91. The van der Waals surface area contributed by atoms with Crippen molar-refractivity contribution in [3.8, 4) is 5.69 Å². The van der Waals surface area contributed by atoms with E-state index in [1.54, 1.807) is 0 Å². The molecule has 4 heterocycles. The summed E-state index contributed by atoms with van der Waals surface area (Å²) in [4.78, 5) is 4.29. The van der Waals surface area contributed by atoms with Crippen molar-refractivity contribution in [2.45, 2.75) is 0 Å². The summed E-state index contributed by atoms with van der Waals surface area (Å²) >= 11 is 3.84. The third-order valence-electron chi connectivity index (χ3n) is 6.68. The average Bonchev–Trinajstić information content (AvgIpc) is 3.53. The van der Waals surface area contributed by atoms with Gasteiger partial charge in [-0.25, -0.2) is 0 Å². The van der Waals surface area contributed by atoms with Crippen LogP contribution in [-0.2, 0) is 0 Å².